The minimum absolute atomic E-state index is 0.0783. The molecule has 0 saturated carbocycles. The van der Waals surface area contributed by atoms with Crippen molar-refractivity contribution in [2.45, 2.75) is 6.42 Å². The Morgan fingerprint density at radius 2 is 2.36 bits per heavy atom. The van der Waals surface area contributed by atoms with E-state index < -0.39 is 5.97 Å². The Labute approximate surface area is 63.7 Å². The average molecular weight is 152 g/mol. The number of nitrogens with two attached hydrogens (primary N) is 1. The van der Waals surface area contributed by atoms with Crippen molar-refractivity contribution in [1.29, 1.82) is 0 Å². The normalized spacial score (nSPS) is 9.45. The molecule has 0 radical (unpaired) electrons. The van der Waals surface area contributed by atoms with Gasteiger partial charge in [-0.1, -0.05) is 6.07 Å². The second-order valence-corrected chi connectivity index (χ2v) is 2.12. The van der Waals surface area contributed by atoms with E-state index in [2.05, 4.69) is 4.98 Å². The molecule has 0 saturated heterocycles. The van der Waals surface area contributed by atoms with Crippen molar-refractivity contribution in [3.63, 3.8) is 0 Å². The van der Waals surface area contributed by atoms with Gasteiger partial charge in [-0.2, -0.15) is 0 Å². The molecule has 58 valence electrons. The highest BCUT2D eigenvalue weighted by atomic mass is 16.4. The van der Waals surface area contributed by atoms with Gasteiger partial charge in [0.2, 0.25) is 0 Å². The van der Waals surface area contributed by atoms with Crippen LogP contribution in [0.2, 0.25) is 0 Å². The third kappa shape index (κ3) is 2.25. The van der Waals surface area contributed by atoms with Crippen LogP contribution < -0.4 is 5.73 Å². The zero-order valence-electron chi connectivity index (χ0n) is 5.82. The zero-order chi connectivity index (χ0) is 8.27. The van der Waals surface area contributed by atoms with Crippen LogP contribution >= 0.6 is 0 Å². The van der Waals surface area contributed by atoms with Gasteiger partial charge in [0, 0.05) is 0 Å². The second kappa shape index (κ2) is 3.01. The van der Waals surface area contributed by atoms with E-state index in [-0.39, 0.29) is 6.42 Å². The highest BCUT2D eigenvalue weighted by molar-refractivity contribution is 5.69. The summed E-state index contributed by atoms with van der Waals surface area (Å²) in [5.41, 5.74) is 5.81. The lowest BCUT2D eigenvalue weighted by Crippen LogP contribution is -2.03. The summed E-state index contributed by atoms with van der Waals surface area (Å²) in [6.07, 6.45) is -0.0783. The standard InChI is InChI=1S/C7H8N2O2/c8-6-3-1-2-5(9-6)4-7(10)11/h1-3H,4H2,(H2,8,9)(H,10,11). The molecule has 1 rings (SSSR count). The van der Waals surface area contributed by atoms with Gasteiger partial charge in [-0.05, 0) is 12.1 Å². The summed E-state index contributed by atoms with van der Waals surface area (Å²) in [6.45, 7) is 0. The van der Waals surface area contributed by atoms with Crippen LogP contribution in [0.25, 0.3) is 0 Å². The number of hydrogen-bond acceptors (Lipinski definition) is 3. The number of nitrogens with zero attached hydrogens (tertiary/aromatic N) is 1. The molecule has 0 amide bonds. The molecule has 4 heteroatoms. The largest absolute Gasteiger partial charge is 0.481 e. The Balaban J connectivity index is 2.79. The topological polar surface area (TPSA) is 76.2 Å². The lowest BCUT2D eigenvalue weighted by molar-refractivity contribution is -0.136. The van der Waals surface area contributed by atoms with Gasteiger partial charge >= 0.3 is 5.97 Å². The van der Waals surface area contributed by atoms with Gasteiger partial charge in [-0.3, -0.25) is 4.79 Å². The van der Waals surface area contributed by atoms with Crippen LogP contribution in [0.4, 0.5) is 5.82 Å². The molecular formula is C7H8N2O2. The maximum Gasteiger partial charge on any atom is 0.309 e. The van der Waals surface area contributed by atoms with Crippen molar-refractivity contribution >= 4 is 11.8 Å². The van der Waals surface area contributed by atoms with Crippen molar-refractivity contribution < 1.29 is 9.90 Å². The Bertz CT molecular complexity index is 273. The van der Waals surface area contributed by atoms with E-state index in [1.165, 1.54) is 0 Å². The molecule has 0 aliphatic heterocycles. The first-order valence-electron chi connectivity index (χ1n) is 3.11. The first kappa shape index (κ1) is 7.53. The predicted octanol–water partition coefficient (Wildman–Crippen LogP) is 0.291. The van der Waals surface area contributed by atoms with Gasteiger partial charge in [-0.25, -0.2) is 4.98 Å². The fraction of sp³-hybridized carbons (Fsp3) is 0.143. The number of pyridine rings is 1. The molecule has 1 heterocycles. The molecule has 11 heavy (non-hydrogen) atoms. The second-order valence-electron chi connectivity index (χ2n) is 2.12. The lowest BCUT2D eigenvalue weighted by atomic mass is 10.3. The van der Waals surface area contributed by atoms with Crippen LogP contribution in [0.5, 0.6) is 0 Å². The van der Waals surface area contributed by atoms with Crippen LogP contribution in [0.1, 0.15) is 5.69 Å². The van der Waals surface area contributed by atoms with Crippen LogP contribution in [0, 0.1) is 0 Å². The van der Waals surface area contributed by atoms with E-state index in [0.717, 1.165) is 0 Å². The van der Waals surface area contributed by atoms with E-state index in [1.54, 1.807) is 18.2 Å². The summed E-state index contributed by atoms with van der Waals surface area (Å²) in [4.78, 5) is 14.0. The number of hydrogen-bond donors (Lipinski definition) is 2. The number of anilines is 1. The maximum atomic E-state index is 10.2. The Hall–Kier alpha value is -1.58. The summed E-state index contributed by atoms with van der Waals surface area (Å²) >= 11 is 0. The Morgan fingerprint density at radius 1 is 1.64 bits per heavy atom. The maximum absolute atomic E-state index is 10.2. The van der Waals surface area contributed by atoms with Crippen molar-refractivity contribution in [2.24, 2.45) is 0 Å². The fourth-order valence-electron chi connectivity index (χ4n) is 0.752. The van der Waals surface area contributed by atoms with Gasteiger partial charge in [0.15, 0.2) is 0 Å². The molecule has 4 nitrogen and oxygen atoms in total. The molecule has 1 aromatic heterocycles. The first-order valence-corrected chi connectivity index (χ1v) is 3.11. The number of nitrogen functional groups attached to an aromatic ring is 1. The van der Waals surface area contributed by atoms with Gasteiger partial charge in [0.1, 0.15) is 5.82 Å². The van der Waals surface area contributed by atoms with Crippen molar-refractivity contribution in [3.8, 4) is 0 Å². The summed E-state index contributed by atoms with van der Waals surface area (Å²) in [7, 11) is 0. The van der Waals surface area contributed by atoms with Crippen LogP contribution in [0.15, 0.2) is 18.2 Å². The molecule has 0 fully saturated rings. The summed E-state index contributed by atoms with van der Waals surface area (Å²) < 4.78 is 0. The molecule has 0 unspecified atom stereocenters. The molecule has 1 aromatic rings. The van der Waals surface area contributed by atoms with Crippen LogP contribution in [-0.4, -0.2) is 16.1 Å². The predicted molar refractivity (Wildman–Crippen MR) is 40.0 cm³/mol. The van der Waals surface area contributed by atoms with Gasteiger partial charge in [0.05, 0.1) is 12.1 Å². The molecule has 0 aromatic carbocycles. The molecule has 0 spiro atoms. The van der Waals surface area contributed by atoms with Crippen molar-refractivity contribution in [3.05, 3.63) is 23.9 Å². The van der Waals surface area contributed by atoms with Crippen LogP contribution in [-0.2, 0) is 11.2 Å². The highest BCUT2D eigenvalue weighted by Gasteiger charge is 2.00. The van der Waals surface area contributed by atoms with E-state index in [1.807, 2.05) is 0 Å². The van der Waals surface area contributed by atoms with Crippen molar-refractivity contribution in [2.75, 3.05) is 5.73 Å². The quantitative estimate of drug-likeness (QED) is 0.638. The van der Waals surface area contributed by atoms with E-state index in [0.29, 0.717) is 11.5 Å². The lowest BCUT2D eigenvalue weighted by Gasteiger charge is -1.95. The highest BCUT2D eigenvalue weighted by Crippen LogP contribution is 2.00. The molecular weight excluding hydrogens is 144 g/mol. The average Bonchev–Trinajstić information content (AvgIpc) is 1.85. The summed E-state index contributed by atoms with van der Waals surface area (Å²) in [6, 6.07) is 4.93. The molecule has 0 aliphatic carbocycles. The molecule has 3 N–H and O–H groups in total. The number of aliphatic carboxylic acids is 1. The minimum Gasteiger partial charge on any atom is -0.481 e. The zero-order valence-corrected chi connectivity index (χ0v) is 5.82. The third-order valence-corrected chi connectivity index (χ3v) is 1.16. The van der Waals surface area contributed by atoms with Gasteiger partial charge in [0.25, 0.3) is 0 Å². The van der Waals surface area contributed by atoms with Gasteiger partial charge < -0.3 is 10.8 Å². The first-order chi connectivity index (χ1) is 5.18. The summed E-state index contributed by atoms with van der Waals surface area (Å²) in [5.74, 6) is -0.549. The minimum atomic E-state index is -0.900. The molecule has 0 bridgehead atoms. The van der Waals surface area contributed by atoms with E-state index in [4.69, 9.17) is 10.8 Å². The fourth-order valence-corrected chi connectivity index (χ4v) is 0.752. The van der Waals surface area contributed by atoms with Crippen molar-refractivity contribution in [1.82, 2.24) is 4.98 Å². The SMILES string of the molecule is Nc1cccc(CC(=O)O)n1. The third-order valence-electron chi connectivity index (χ3n) is 1.16. The number of rotatable bonds is 2. The molecule has 0 aliphatic rings. The van der Waals surface area contributed by atoms with E-state index >= 15 is 0 Å². The Kier molecular flexibility index (Phi) is 2.06. The molecule has 0 atom stereocenters. The van der Waals surface area contributed by atoms with E-state index in [9.17, 15) is 4.79 Å². The number of aromatic nitrogens is 1. The number of carbonyl (C=O) groups is 1. The number of carboxylic acids is 1. The smallest absolute Gasteiger partial charge is 0.309 e. The van der Waals surface area contributed by atoms with Crippen LogP contribution in [0.3, 0.4) is 0 Å². The summed E-state index contributed by atoms with van der Waals surface area (Å²) in [5, 5.41) is 8.38. The monoisotopic (exact) mass is 152 g/mol. The Morgan fingerprint density at radius 3 is 2.91 bits per heavy atom. The van der Waals surface area contributed by atoms with Gasteiger partial charge in [-0.15, -0.1) is 0 Å². The number of carboxylic acid groups (broad SMARTS) is 1.